The van der Waals surface area contributed by atoms with E-state index in [1.807, 2.05) is 18.2 Å². The summed E-state index contributed by atoms with van der Waals surface area (Å²) in [6.07, 6.45) is -1.85. The largest absolute Gasteiger partial charge is 0.488 e. The second-order valence-electron chi connectivity index (χ2n) is 12.5. The number of pyridine rings is 2. The number of carbonyl (C=O) groups excluding carboxylic acids is 1. The molecule has 1 aromatic carbocycles. The number of fused-ring (bicyclic) bond motifs is 2. The van der Waals surface area contributed by atoms with Gasteiger partial charge in [-0.3, -0.25) is 9.30 Å². The van der Waals surface area contributed by atoms with Crippen LogP contribution in [0.5, 0.6) is 5.75 Å². The summed E-state index contributed by atoms with van der Waals surface area (Å²) < 4.78 is 56.5. The average molecular weight is 613 g/mol. The summed E-state index contributed by atoms with van der Waals surface area (Å²) in [4.78, 5) is 18.3. The van der Waals surface area contributed by atoms with Crippen LogP contribution in [-0.4, -0.2) is 78.8 Å². The molecule has 1 saturated carbocycles. The van der Waals surface area contributed by atoms with E-state index in [0.717, 1.165) is 18.2 Å². The van der Waals surface area contributed by atoms with Crippen LogP contribution in [0, 0.1) is 0 Å². The van der Waals surface area contributed by atoms with E-state index in [9.17, 15) is 23.1 Å². The molecule has 1 aliphatic heterocycles. The van der Waals surface area contributed by atoms with E-state index in [1.54, 1.807) is 32.9 Å². The van der Waals surface area contributed by atoms with Crippen LogP contribution in [0.15, 0.2) is 48.7 Å². The van der Waals surface area contributed by atoms with Crippen molar-refractivity contribution in [2.45, 2.75) is 82.5 Å². The normalized spacial score (nSPS) is 22.0. The molecule has 0 bridgehead atoms. The number of aliphatic hydroxyl groups is 1. The Morgan fingerprint density at radius 3 is 2.59 bits per heavy atom. The molecule has 2 N–H and O–H groups in total. The summed E-state index contributed by atoms with van der Waals surface area (Å²) in [6.45, 7) is 5.35. The molecule has 4 heterocycles. The maximum atomic E-state index is 14.6. The third-order valence-electron chi connectivity index (χ3n) is 7.95. The van der Waals surface area contributed by atoms with E-state index in [0.29, 0.717) is 41.3 Å². The van der Waals surface area contributed by atoms with Crippen LogP contribution < -0.4 is 10.1 Å². The minimum atomic E-state index is -4.58. The quantitative estimate of drug-likeness (QED) is 0.296. The number of hydrogen-bond acceptors (Lipinski definition) is 8. The zero-order valence-corrected chi connectivity index (χ0v) is 24.7. The lowest BCUT2D eigenvalue weighted by atomic mass is 10.1. The van der Waals surface area contributed by atoms with Crippen LogP contribution in [0.1, 0.15) is 58.1 Å². The molecule has 234 valence electrons. The molecule has 0 unspecified atom stereocenters. The first-order valence-electron chi connectivity index (χ1n) is 14.7. The van der Waals surface area contributed by atoms with E-state index in [4.69, 9.17) is 14.5 Å². The van der Waals surface area contributed by atoms with Crippen LogP contribution in [0.25, 0.3) is 28.1 Å². The van der Waals surface area contributed by atoms with Crippen LogP contribution >= 0.6 is 0 Å². The maximum Gasteiger partial charge on any atom is 0.408 e. The molecule has 4 atom stereocenters. The highest BCUT2D eigenvalue weighted by atomic mass is 19.4. The summed E-state index contributed by atoms with van der Waals surface area (Å²) in [5.74, 6) is 0.882. The van der Waals surface area contributed by atoms with Crippen LogP contribution in [-0.2, 0) is 4.74 Å². The van der Waals surface area contributed by atoms with E-state index >= 15 is 0 Å². The van der Waals surface area contributed by atoms with Crippen molar-refractivity contribution in [1.29, 1.82) is 0 Å². The van der Waals surface area contributed by atoms with Crippen LogP contribution in [0.4, 0.5) is 18.0 Å². The molecule has 1 saturated heterocycles. The maximum absolute atomic E-state index is 14.6. The smallest absolute Gasteiger partial charge is 0.408 e. The van der Waals surface area contributed by atoms with Gasteiger partial charge in [0.25, 0.3) is 0 Å². The van der Waals surface area contributed by atoms with Crippen molar-refractivity contribution < 1.29 is 32.5 Å². The number of aliphatic hydroxyl groups excluding tert-OH is 1. The first-order valence-corrected chi connectivity index (χ1v) is 14.7. The van der Waals surface area contributed by atoms with Gasteiger partial charge < -0.3 is 19.9 Å². The van der Waals surface area contributed by atoms with Gasteiger partial charge in [-0.05, 0) is 76.3 Å². The number of amides is 1. The standard InChI is InChI=1S/C31H35F3N6O4/c1-30(2,3)44-29(42)35-20-13-14-39(17-20)27(31(32,33)34)19-9-12-26-37-38-28(40(26)16-19)22-11-8-18-7-10-21(15-23(18)36-22)43-25-6-4-5-24(25)41/h7-12,15-16,20,24-25,27,41H,4-6,13-14,17H2,1-3H3,(H,35,42)/t20-,24+,25+,27+/m0/s1. The molecule has 0 spiro atoms. The summed E-state index contributed by atoms with van der Waals surface area (Å²) in [5, 5.41) is 22.1. The number of nitrogens with one attached hydrogen (secondary N) is 1. The number of carbonyl (C=O) groups is 1. The van der Waals surface area contributed by atoms with Crippen molar-refractivity contribution in [3.05, 3.63) is 54.2 Å². The number of rotatable bonds is 6. The van der Waals surface area contributed by atoms with Gasteiger partial charge in [-0.15, -0.1) is 10.2 Å². The molecule has 13 heteroatoms. The van der Waals surface area contributed by atoms with Crippen LogP contribution in [0.3, 0.4) is 0 Å². The van der Waals surface area contributed by atoms with Crippen molar-refractivity contribution >= 4 is 22.6 Å². The fraction of sp³-hybridized carbons (Fsp3) is 0.484. The van der Waals surface area contributed by atoms with Gasteiger partial charge in [0.15, 0.2) is 11.5 Å². The van der Waals surface area contributed by atoms with Gasteiger partial charge in [-0.2, -0.15) is 13.2 Å². The summed E-state index contributed by atoms with van der Waals surface area (Å²) in [6, 6.07) is 9.65. The highest BCUT2D eigenvalue weighted by molar-refractivity contribution is 5.82. The van der Waals surface area contributed by atoms with Crippen molar-refractivity contribution in [2.24, 2.45) is 0 Å². The van der Waals surface area contributed by atoms with E-state index in [1.165, 1.54) is 27.6 Å². The van der Waals surface area contributed by atoms with Gasteiger partial charge in [-0.1, -0.05) is 12.1 Å². The third-order valence-corrected chi connectivity index (χ3v) is 7.95. The van der Waals surface area contributed by atoms with Gasteiger partial charge in [0.2, 0.25) is 0 Å². The lowest BCUT2D eigenvalue weighted by Gasteiger charge is -2.30. The Bertz CT molecular complexity index is 1670. The molecule has 3 aromatic heterocycles. The Hall–Kier alpha value is -3.97. The number of nitrogens with zero attached hydrogens (tertiary/aromatic N) is 5. The van der Waals surface area contributed by atoms with E-state index < -0.39 is 36.1 Å². The minimum Gasteiger partial charge on any atom is -0.488 e. The lowest BCUT2D eigenvalue weighted by molar-refractivity contribution is -0.184. The molecule has 1 aliphatic carbocycles. The fourth-order valence-electron chi connectivity index (χ4n) is 5.98. The number of hydrogen-bond donors (Lipinski definition) is 2. The van der Waals surface area contributed by atoms with Crippen molar-refractivity contribution in [2.75, 3.05) is 13.1 Å². The highest BCUT2D eigenvalue weighted by Crippen LogP contribution is 2.40. The summed E-state index contributed by atoms with van der Waals surface area (Å²) >= 11 is 0. The number of aromatic nitrogens is 4. The van der Waals surface area contributed by atoms with Crippen molar-refractivity contribution in [3.63, 3.8) is 0 Å². The molecular weight excluding hydrogens is 577 g/mol. The third kappa shape index (κ3) is 6.43. The number of halogens is 3. The number of likely N-dealkylation sites (tertiary alicyclic amines) is 1. The molecular formula is C31H35F3N6O4. The zero-order chi connectivity index (χ0) is 31.2. The number of alkyl halides is 3. The minimum absolute atomic E-state index is 0.0189. The van der Waals surface area contributed by atoms with Gasteiger partial charge in [0.1, 0.15) is 29.2 Å². The predicted octanol–water partition coefficient (Wildman–Crippen LogP) is 5.44. The molecule has 44 heavy (non-hydrogen) atoms. The lowest BCUT2D eigenvalue weighted by Crippen LogP contribution is -2.42. The Labute approximate surface area is 252 Å². The SMILES string of the molecule is CC(C)(C)OC(=O)N[C@H]1CCN([C@H](c2ccc3nnc(-c4ccc5ccc(O[C@@H]6CCC[C@H]6O)cc5n4)n3c2)C(F)(F)F)C1. The van der Waals surface area contributed by atoms with Crippen molar-refractivity contribution in [3.8, 4) is 17.3 Å². The van der Waals surface area contributed by atoms with Gasteiger partial charge in [0, 0.05) is 36.8 Å². The molecule has 6 rings (SSSR count). The number of ether oxygens (including phenoxy) is 2. The van der Waals surface area contributed by atoms with E-state index in [-0.39, 0.29) is 24.8 Å². The summed E-state index contributed by atoms with van der Waals surface area (Å²) in [7, 11) is 0. The predicted molar refractivity (Wildman–Crippen MR) is 156 cm³/mol. The summed E-state index contributed by atoms with van der Waals surface area (Å²) in [5.41, 5.74) is 0.749. The number of alkyl carbamates (subject to hydrolysis) is 1. The van der Waals surface area contributed by atoms with E-state index in [2.05, 4.69) is 15.5 Å². The fourth-order valence-corrected chi connectivity index (χ4v) is 5.98. The van der Waals surface area contributed by atoms with Gasteiger partial charge in [0.05, 0.1) is 11.6 Å². The molecule has 0 radical (unpaired) electrons. The molecule has 10 nitrogen and oxygen atoms in total. The van der Waals surface area contributed by atoms with Crippen LogP contribution in [0.2, 0.25) is 0 Å². The monoisotopic (exact) mass is 612 g/mol. The molecule has 2 aliphatic rings. The zero-order valence-electron chi connectivity index (χ0n) is 24.7. The Balaban J connectivity index is 1.27. The Morgan fingerprint density at radius 1 is 1.07 bits per heavy atom. The topological polar surface area (TPSA) is 114 Å². The molecule has 1 amide bonds. The first kappa shape index (κ1) is 30.1. The van der Waals surface area contributed by atoms with Gasteiger partial charge in [-0.25, -0.2) is 9.78 Å². The van der Waals surface area contributed by atoms with Gasteiger partial charge >= 0.3 is 12.3 Å². The van der Waals surface area contributed by atoms with Crippen molar-refractivity contribution in [1.82, 2.24) is 29.8 Å². The second kappa shape index (κ2) is 11.5. The highest BCUT2D eigenvalue weighted by Gasteiger charge is 2.47. The first-order chi connectivity index (χ1) is 20.8. The average Bonchev–Trinajstić information content (AvgIpc) is 3.67. The Morgan fingerprint density at radius 2 is 1.86 bits per heavy atom. The Kier molecular flexibility index (Phi) is 7.87. The number of benzene rings is 1. The molecule has 2 fully saturated rings. The second-order valence-corrected chi connectivity index (χ2v) is 12.5. The molecule has 4 aromatic rings.